The Kier molecular flexibility index (Phi) is 9.37. The van der Waals surface area contributed by atoms with E-state index in [0.717, 1.165) is 25.2 Å². The van der Waals surface area contributed by atoms with Gasteiger partial charge in [-0.1, -0.05) is 6.07 Å². The first kappa shape index (κ1) is 22.7. The quantitative estimate of drug-likeness (QED) is 0.725. The van der Waals surface area contributed by atoms with Gasteiger partial charge in [0.1, 0.15) is 6.33 Å². The molecule has 0 saturated carbocycles. The molecule has 2 aromatic heterocycles. The summed E-state index contributed by atoms with van der Waals surface area (Å²) in [5.41, 5.74) is 3.82. The fourth-order valence-electron chi connectivity index (χ4n) is 2.53. The number of nitrogens with one attached hydrogen (secondary N) is 1. The van der Waals surface area contributed by atoms with Crippen molar-refractivity contribution in [3.05, 3.63) is 47.7 Å². The van der Waals surface area contributed by atoms with E-state index in [2.05, 4.69) is 58.5 Å². The van der Waals surface area contributed by atoms with E-state index in [1.54, 1.807) is 11.0 Å². The molecule has 0 bridgehead atoms. The van der Waals surface area contributed by atoms with E-state index in [9.17, 15) is 0 Å². The Labute approximate surface area is 161 Å². The molecule has 0 amide bonds. The zero-order chi connectivity index (χ0) is 14.8. The van der Waals surface area contributed by atoms with Crippen LogP contribution in [0.25, 0.3) is 10.9 Å². The number of aromatic nitrogens is 4. The van der Waals surface area contributed by atoms with Crippen LogP contribution in [0.5, 0.6) is 0 Å². The van der Waals surface area contributed by atoms with Gasteiger partial charge in [0.15, 0.2) is 5.82 Å². The molecular formula is C16H24Cl3N5. The second-order valence-electron chi connectivity index (χ2n) is 5.76. The molecule has 3 rings (SSSR count). The zero-order valence-electron chi connectivity index (χ0n) is 14.0. The van der Waals surface area contributed by atoms with Gasteiger partial charge in [0.2, 0.25) is 0 Å². The first-order valence-corrected chi connectivity index (χ1v) is 7.20. The smallest absolute Gasteiger partial charge is 0.154 e. The maximum atomic E-state index is 4.35. The molecule has 2 heterocycles. The number of aryl methyl sites for hydroxylation is 1. The summed E-state index contributed by atoms with van der Waals surface area (Å²) in [6.45, 7) is 1.05. The van der Waals surface area contributed by atoms with Gasteiger partial charge < -0.3 is 9.88 Å². The number of likely N-dealkylation sites (N-methyl/N-ethyl adjacent to an activating group) is 1. The van der Waals surface area contributed by atoms with E-state index in [0.29, 0.717) is 0 Å². The highest BCUT2D eigenvalue weighted by Gasteiger charge is 2.07. The summed E-state index contributed by atoms with van der Waals surface area (Å²) in [7, 11) is 6.10. The predicted octanol–water partition coefficient (Wildman–Crippen LogP) is 3.26. The molecule has 0 aliphatic rings. The Morgan fingerprint density at radius 2 is 1.92 bits per heavy atom. The van der Waals surface area contributed by atoms with Crippen LogP contribution in [0.4, 0.5) is 0 Å². The number of rotatable bonds is 5. The van der Waals surface area contributed by atoms with Gasteiger partial charge in [-0.05, 0) is 43.8 Å². The molecular weight excluding hydrogens is 369 g/mol. The molecule has 0 aliphatic carbocycles. The van der Waals surface area contributed by atoms with Crippen molar-refractivity contribution in [1.82, 2.24) is 24.6 Å². The lowest BCUT2D eigenvalue weighted by Gasteiger charge is -2.08. The number of benzene rings is 1. The minimum absolute atomic E-state index is 0. The maximum Gasteiger partial charge on any atom is 0.154 e. The van der Waals surface area contributed by atoms with Crippen molar-refractivity contribution >= 4 is 48.1 Å². The molecule has 0 saturated heterocycles. The van der Waals surface area contributed by atoms with Crippen LogP contribution in [0.3, 0.4) is 0 Å². The maximum absolute atomic E-state index is 4.35. The third-order valence-electron chi connectivity index (χ3n) is 3.67. The van der Waals surface area contributed by atoms with Crippen molar-refractivity contribution < 1.29 is 0 Å². The summed E-state index contributed by atoms with van der Waals surface area (Å²) < 4.78 is 1.74. The van der Waals surface area contributed by atoms with E-state index < -0.39 is 0 Å². The summed E-state index contributed by atoms with van der Waals surface area (Å²) in [6.07, 6.45) is 5.69. The summed E-state index contributed by atoms with van der Waals surface area (Å²) in [5.74, 6) is 0.863. The van der Waals surface area contributed by atoms with Crippen LogP contribution >= 0.6 is 37.2 Å². The highest BCUT2D eigenvalue weighted by atomic mass is 35.5. The zero-order valence-corrected chi connectivity index (χ0v) is 16.5. The first-order valence-electron chi connectivity index (χ1n) is 7.20. The lowest BCUT2D eigenvalue weighted by molar-refractivity contribution is 0.414. The standard InChI is InChI=1S/C16H21N5.3ClH/c1-20(2)7-6-13-10-17-15-5-4-12(8-14(13)15)9-16-18-11-21(3)19-16;;;/h4-5,8,10-11,17H,6-7,9H2,1-3H3;3*1H. The second kappa shape index (κ2) is 9.89. The third kappa shape index (κ3) is 5.38. The van der Waals surface area contributed by atoms with Gasteiger partial charge >= 0.3 is 0 Å². The monoisotopic (exact) mass is 391 g/mol. The van der Waals surface area contributed by atoms with Crippen molar-refractivity contribution in [2.24, 2.45) is 7.05 Å². The van der Waals surface area contributed by atoms with Crippen molar-refractivity contribution in [3.63, 3.8) is 0 Å². The van der Waals surface area contributed by atoms with Crippen LogP contribution in [0.2, 0.25) is 0 Å². The largest absolute Gasteiger partial charge is 0.361 e. The van der Waals surface area contributed by atoms with Gasteiger partial charge in [0, 0.05) is 37.1 Å². The SMILES string of the molecule is CN(C)CCc1c[nH]c2ccc(Cc3ncn(C)n3)cc12.Cl.Cl.Cl. The number of fused-ring (bicyclic) bond motifs is 1. The van der Waals surface area contributed by atoms with Crippen LogP contribution in [0, 0.1) is 0 Å². The fraction of sp³-hybridized carbons (Fsp3) is 0.375. The van der Waals surface area contributed by atoms with Gasteiger partial charge in [-0.15, -0.1) is 37.2 Å². The van der Waals surface area contributed by atoms with Crippen LogP contribution < -0.4 is 0 Å². The molecule has 5 nitrogen and oxygen atoms in total. The molecule has 0 radical (unpaired) electrons. The highest BCUT2D eigenvalue weighted by Crippen LogP contribution is 2.21. The molecule has 134 valence electrons. The number of halogens is 3. The molecule has 0 atom stereocenters. The molecule has 3 aromatic rings. The lowest BCUT2D eigenvalue weighted by Crippen LogP contribution is -2.14. The minimum Gasteiger partial charge on any atom is -0.361 e. The van der Waals surface area contributed by atoms with Crippen LogP contribution in [-0.4, -0.2) is 45.3 Å². The Hall–Kier alpha value is -1.27. The summed E-state index contributed by atoms with van der Waals surface area (Å²) in [4.78, 5) is 9.86. The van der Waals surface area contributed by atoms with Crippen LogP contribution in [0.1, 0.15) is 17.0 Å². The Balaban J connectivity index is 0.00000176. The number of aromatic amines is 1. The van der Waals surface area contributed by atoms with E-state index in [-0.39, 0.29) is 37.2 Å². The van der Waals surface area contributed by atoms with Crippen LogP contribution in [-0.2, 0) is 19.9 Å². The summed E-state index contributed by atoms with van der Waals surface area (Å²) in [6, 6.07) is 6.55. The van der Waals surface area contributed by atoms with E-state index in [1.165, 1.54) is 22.0 Å². The van der Waals surface area contributed by atoms with Gasteiger partial charge in [-0.3, -0.25) is 4.68 Å². The molecule has 8 heteroatoms. The Morgan fingerprint density at radius 3 is 2.54 bits per heavy atom. The van der Waals surface area contributed by atoms with Gasteiger partial charge in [-0.25, -0.2) is 4.98 Å². The van der Waals surface area contributed by atoms with Gasteiger partial charge in [0.25, 0.3) is 0 Å². The van der Waals surface area contributed by atoms with Crippen molar-refractivity contribution in [2.75, 3.05) is 20.6 Å². The second-order valence-corrected chi connectivity index (χ2v) is 5.76. The third-order valence-corrected chi connectivity index (χ3v) is 3.67. The fourth-order valence-corrected chi connectivity index (χ4v) is 2.53. The summed E-state index contributed by atoms with van der Waals surface area (Å²) in [5, 5.41) is 5.66. The van der Waals surface area contributed by atoms with Gasteiger partial charge in [-0.2, -0.15) is 5.10 Å². The van der Waals surface area contributed by atoms with E-state index in [1.807, 2.05) is 7.05 Å². The first-order chi connectivity index (χ1) is 10.1. The molecule has 0 unspecified atom stereocenters. The Morgan fingerprint density at radius 1 is 1.17 bits per heavy atom. The molecule has 0 spiro atoms. The number of hydrogen-bond acceptors (Lipinski definition) is 3. The van der Waals surface area contributed by atoms with Crippen molar-refractivity contribution in [3.8, 4) is 0 Å². The van der Waals surface area contributed by atoms with Crippen LogP contribution in [0.15, 0.2) is 30.7 Å². The van der Waals surface area contributed by atoms with E-state index >= 15 is 0 Å². The Bertz CT molecular complexity index is 751. The number of nitrogens with zero attached hydrogens (tertiary/aromatic N) is 4. The molecule has 1 N–H and O–H groups in total. The molecule has 0 fully saturated rings. The summed E-state index contributed by atoms with van der Waals surface area (Å²) >= 11 is 0. The van der Waals surface area contributed by atoms with Gasteiger partial charge in [0.05, 0.1) is 0 Å². The van der Waals surface area contributed by atoms with Crippen molar-refractivity contribution in [2.45, 2.75) is 12.8 Å². The average Bonchev–Trinajstić information content (AvgIpc) is 3.03. The predicted molar refractivity (Wildman–Crippen MR) is 106 cm³/mol. The minimum atomic E-state index is 0. The number of hydrogen-bond donors (Lipinski definition) is 1. The highest BCUT2D eigenvalue weighted by molar-refractivity contribution is 5.86. The molecule has 1 aromatic carbocycles. The van der Waals surface area contributed by atoms with Crippen molar-refractivity contribution in [1.29, 1.82) is 0 Å². The normalized spacial score (nSPS) is 10.2. The average molecular weight is 393 g/mol. The topological polar surface area (TPSA) is 49.7 Å². The van der Waals surface area contributed by atoms with E-state index in [4.69, 9.17) is 0 Å². The molecule has 24 heavy (non-hydrogen) atoms. The lowest BCUT2D eigenvalue weighted by atomic mass is 10.1. The number of H-pyrrole nitrogens is 1. The molecule has 0 aliphatic heterocycles.